The molecule has 0 saturated carbocycles. The van der Waals surface area contributed by atoms with Gasteiger partial charge in [-0.1, -0.05) is 28.6 Å². The van der Waals surface area contributed by atoms with E-state index in [9.17, 15) is 0 Å². The van der Waals surface area contributed by atoms with Crippen LogP contribution in [-0.2, 0) is 13.7 Å². The van der Waals surface area contributed by atoms with Crippen LogP contribution >= 0.6 is 22.6 Å². The number of hydrogen-bond acceptors (Lipinski definition) is 8. The first-order valence-corrected chi connectivity index (χ1v) is 9.01. The fraction of sp³-hybridized carbons (Fsp3) is 0.125. The molecule has 4 aromatic heterocycles. The highest BCUT2D eigenvalue weighted by atomic mass is 127. The number of halogens is 1. The van der Waals surface area contributed by atoms with Crippen LogP contribution in [0.3, 0.4) is 0 Å². The van der Waals surface area contributed by atoms with E-state index in [1.165, 1.54) is 0 Å². The van der Waals surface area contributed by atoms with Crippen LogP contribution in [-0.4, -0.2) is 40.0 Å². The van der Waals surface area contributed by atoms with Gasteiger partial charge in [-0.2, -0.15) is 4.52 Å². The van der Waals surface area contributed by atoms with E-state index >= 15 is 0 Å². The molecule has 1 aromatic carbocycles. The van der Waals surface area contributed by atoms with E-state index in [1.54, 1.807) is 28.5 Å². The summed E-state index contributed by atoms with van der Waals surface area (Å²) in [6, 6.07) is 9.51. The summed E-state index contributed by atoms with van der Waals surface area (Å²) in [5.41, 5.74) is 1.87. The molecule has 0 amide bonds. The van der Waals surface area contributed by atoms with Crippen LogP contribution in [0.15, 0.2) is 41.1 Å². The maximum atomic E-state index is 5.94. The Morgan fingerprint density at radius 3 is 2.74 bits per heavy atom. The molecule has 4 heterocycles. The lowest BCUT2D eigenvalue weighted by atomic mass is 10.2. The zero-order chi connectivity index (χ0) is 18.4. The summed E-state index contributed by atoms with van der Waals surface area (Å²) in [5.74, 6) is 0.926. The molecule has 0 saturated heterocycles. The van der Waals surface area contributed by atoms with Gasteiger partial charge in [-0.05, 0) is 6.07 Å². The Morgan fingerprint density at radius 2 is 2.00 bits per heavy atom. The predicted octanol–water partition coefficient (Wildman–Crippen LogP) is 2.24. The topological polar surface area (TPSA) is 109 Å². The number of fused-ring (bicyclic) bond motifs is 3. The minimum Gasteiger partial charge on any atom is -0.470 e. The van der Waals surface area contributed by atoms with Crippen molar-refractivity contribution in [1.29, 1.82) is 0 Å². The second-order valence-electron chi connectivity index (χ2n) is 5.80. The molecule has 0 N–H and O–H groups in total. The van der Waals surface area contributed by atoms with Gasteiger partial charge in [0.15, 0.2) is 15.1 Å². The molecule has 0 unspecified atom stereocenters. The van der Waals surface area contributed by atoms with Crippen LogP contribution in [0.2, 0.25) is 0 Å². The molecule has 0 bridgehead atoms. The molecule has 0 aliphatic heterocycles. The SMILES string of the molecule is Cn1cc(COc2nn3c(-c4cc(I)on4)nnc3c3ccccc23)nn1. The first-order chi connectivity index (χ1) is 13.2. The van der Waals surface area contributed by atoms with Crippen molar-refractivity contribution >= 4 is 39.0 Å². The standard InChI is InChI=1S/C16H11IN8O2/c1-24-7-9(18-23-24)8-26-16-11-5-3-2-4-10(11)14-19-20-15(25(14)21-16)12-6-13(17)27-22-12/h2-7H,8H2,1H3. The Kier molecular flexibility index (Phi) is 3.74. The van der Waals surface area contributed by atoms with Crippen molar-refractivity contribution in [2.75, 3.05) is 0 Å². The second-order valence-corrected chi connectivity index (χ2v) is 6.86. The number of nitrogens with zero attached hydrogens (tertiary/aromatic N) is 8. The lowest BCUT2D eigenvalue weighted by Gasteiger charge is -2.08. The maximum Gasteiger partial charge on any atom is 0.240 e. The summed E-state index contributed by atoms with van der Waals surface area (Å²) in [6.45, 7) is 0.246. The van der Waals surface area contributed by atoms with Crippen LogP contribution < -0.4 is 4.74 Å². The minimum atomic E-state index is 0.246. The van der Waals surface area contributed by atoms with Gasteiger partial charge >= 0.3 is 0 Å². The Hall–Kier alpha value is -3.09. The number of aryl methyl sites for hydroxylation is 1. The average molecular weight is 474 g/mol. The largest absolute Gasteiger partial charge is 0.470 e. The van der Waals surface area contributed by atoms with Gasteiger partial charge in [0, 0.05) is 46.5 Å². The highest BCUT2D eigenvalue weighted by molar-refractivity contribution is 14.1. The van der Waals surface area contributed by atoms with Gasteiger partial charge in [0.2, 0.25) is 11.7 Å². The third-order valence-electron chi connectivity index (χ3n) is 3.95. The van der Waals surface area contributed by atoms with Gasteiger partial charge < -0.3 is 9.26 Å². The molecule has 0 aliphatic rings. The fourth-order valence-corrected chi connectivity index (χ4v) is 3.17. The number of benzene rings is 1. The molecular weight excluding hydrogens is 463 g/mol. The molecule has 11 heteroatoms. The molecule has 0 radical (unpaired) electrons. The molecule has 134 valence electrons. The summed E-state index contributed by atoms with van der Waals surface area (Å²) in [6.07, 6.45) is 1.79. The van der Waals surface area contributed by atoms with Crippen LogP contribution in [0, 0.1) is 3.77 Å². The first kappa shape index (κ1) is 16.1. The van der Waals surface area contributed by atoms with Crippen molar-refractivity contribution < 1.29 is 9.26 Å². The molecular formula is C16H11IN8O2. The van der Waals surface area contributed by atoms with Gasteiger partial charge in [-0.25, -0.2) is 0 Å². The Balaban J connectivity index is 1.66. The second kappa shape index (κ2) is 6.26. The molecule has 0 aliphatic carbocycles. The highest BCUT2D eigenvalue weighted by Crippen LogP contribution is 2.29. The predicted molar refractivity (Wildman–Crippen MR) is 102 cm³/mol. The van der Waals surface area contributed by atoms with Crippen LogP contribution in [0.25, 0.3) is 27.9 Å². The number of rotatable bonds is 4. The van der Waals surface area contributed by atoms with Gasteiger partial charge in [0.05, 0.1) is 6.20 Å². The van der Waals surface area contributed by atoms with E-state index in [2.05, 4.69) is 30.8 Å². The summed E-state index contributed by atoms with van der Waals surface area (Å²) >= 11 is 2.05. The normalized spacial score (nSPS) is 11.5. The minimum absolute atomic E-state index is 0.246. The monoisotopic (exact) mass is 474 g/mol. The van der Waals surface area contributed by atoms with E-state index in [0.29, 0.717) is 32.5 Å². The third kappa shape index (κ3) is 2.79. The van der Waals surface area contributed by atoms with Gasteiger partial charge in [-0.15, -0.1) is 20.4 Å². The fourth-order valence-electron chi connectivity index (χ4n) is 2.78. The van der Waals surface area contributed by atoms with E-state index in [4.69, 9.17) is 9.26 Å². The molecule has 0 fully saturated rings. The molecule has 27 heavy (non-hydrogen) atoms. The quantitative estimate of drug-likeness (QED) is 0.365. The maximum absolute atomic E-state index is 5.94. The molecule has 5 rings (SSSR count). The summed E-state index contributed by atoms with van der Waals surface area (Å²) < 4.78 is 15.0. The van der Waals surface area contributed by atoms with Gasteiger partial charge in [0.25, 0.3) is 0 Å². The van der Waals surface area contributed by atoms with Gasteiger partial charge in [0.1, 0.15) is 12.3 Å². The zero-order valence-corrected chi connectivity index (χ0v) is 16.1. The zero-order valence-electron chi connectivity index (χ0n) is 13.9. The van der Waals surface area contributed by atoms with E-state index in [-0.39, 0.29) is 6.61 Å². The van der Waals surface area contributed by atoms with Crippen molar-refractivity contribution in [1.82, 2.24) is 40.0 Å². The molecule has 0 spiro atoms. The Labute approximate surface area is 165 Å². The number of ether oxygens (including phenoxy) is 1. The lowest BCUT2D eigenvalue weighted by molar-refractivity contribution is 0.289. The lowest BCUT2D eigenvalue weighted by Crippen LogP contribution is -2.03. The van der Waals surface area contributed by atoms with E-state index in [0.717, 1.165) is 10.8 Å². The number of aromatic nitrogens is 8. The number of hydrogen-bond donors (Lipinski definition) is 0. The Morgan fingerprint density at radius 1 is 1.15 bits per heavy atom. The molecule has 5 aromatic rings. The summed E-state index contributed by atoms with van der Waals surface area (Å²) in [4.78, 5) is 0. The van der Waals surface area contributed by atoms with Crippen LogP contribution in [0.4, 0.5) is 0 Å². The average Bonchev–Trinajstić information content (AvgIpc) is 3.39. The van der Waals surface area contributed by atoms with Crippen LogP contribution in [0.5, 0.6) is 5.88 Å². The first-order valence-electron chi connectivity index (χ1n) is 7.94. The molecule has 0 atom stereocenters. The van der Waals surface area contributed by atoms with Crippen molar-refractivity contribution in [2.45, 2.75) is 6.61 Å². The van der Waals surface area contributed by atoms with E-state index < -0.39 is 0 Å². The highest BCUT2D eigenvalue weighted by Gasteiger charge is 2.18. The van der Waals surface area contributed by atoms with Crippen molar-refractivity contribution in [3.63, 3.8) is 0 Å². The van der Waals surface area contributed by atoms with Gasteiger partial charge in [-0.3, -0.25) is 4.68 Å². The summed E-state index contributed by atoms with van der Waals surface area (Å²) in [7, 11) is 1.80. The molecule has 10 nitrogen and oxygen atoms in total. The van der Waals surface area contributed by atoms with Crippen molar-refractivity contribution in [2.24, 2.45) is 7.05 Å². The van der Waals surface area contributed by atoms with Crippen molar-refractivity contribution in [3.05, 3.63) is 46.0 Å². The third-order valence-corrected chi connectivity index (χ3v) is 4.46. The van der Waals surface area contributed by atoms with E-state index in [1.807, 2.05) is 46.9 Å². The van der Waals surface area contributed by atoms with Crippen molar-refractivity contribution in [3.8, 4) is 17.4 Å². The smallest absolute Gasteiger partial charge is 0.240 e. The Bertz CT molecular complexity index is 1270. The summed E-state index contributed by atoms with van der Waals surface area (Å²) in [5, 5.41) is 26.8. The van der Waals surface area contributed by atoms with Crippen LogP contribution in [0.1, 0.15) is 5.69 Å².